The van der Waals surface area contributed by atoms with Crippen molar-refractivity contribution in [3.8, 4) is 0 Å². The average Bonchev–Trinajstić information content (AvgIpc) is 1.80. The highest BCUT2D eigenvalue weighted by Gasteiger charge is 1.84. The van der Waals surface area contributed by atoms with E-state index in [-0.39, 0.29) is 0 Å². The number of nitrogens with two attached hydrogens (primary N) is 1. The topological polar surface area (TPSA) is 41.3 Å². The first-order valence-corrected chi connectivity index (χ1v) is 3.02. The summed E-state index contributed by atoms with van der Waals surface area (Å²) in [5.74, 6) is 0. The first kappa shape index (κ1) is 8.30. The molecular formula is C6H15N3. The molecule has 0 spiro atoms. The summed E-state index contributed by atoms with van der Waals surface area (Å²) in [5.41, 5.74) is 5.09. The van der Waals surface area contributed by atoms with Gasteiger partial charge in [0.25, 0.3) is 0 Å². The number of rotatable bonds is 4. The summed E-state index contributed by atoms with van der Waals surface area (Å²) in [5, 5.41) is 3.02. The number of likely N-dealkylation sites (N-methyl/N-ethyl adjacent to an activating group) is 1. The molecule has 0 aromatic carbocycles. The molecule has 0 bridgehead atoms. The minimum atomic E-state index is 0.945. The van der Waals surface area contributed by atoms with Crippen molar-refractivity contribution in [1.82, 2.24) is 10.2 Å². The first-order chi connectivity index (χ1) is 4.27. The van der Waals surface area contributed by atoms with Gasteiger partial charge in [-0.3, -0.25) is 0 Å². The lowest BCUT2D eigenvalue weighted by atomic mass is 10.6. The molecule has 0 aliphatic rings. The van der Waals surface area contributed by atoms with Gasteiger partial charge in [-0.25, -0.2) is 0 Å². The van der Waals surface area contributed by atoms with Crippen LogP contribution in [0.3, 0.4) is 0 Å². The van der Waals surface area contributed by atoms with Gasteiger partial charge in [-0.05, 0) is 14.1 Å². The highest BCUT2D eigenvalue weighted by molar-refractivity contribution is 4.72. The Hall–Kier alpha value is -0.700. The molecule has 0 rings (SSSR count). The van der Waals surface area contributed by atoms with Crippen molar-refractivity contribution >= 4 is 0 Å². The fourth-order valence-electron chi connectivity index (χ4n) is 0.440. The summed E-state index contributed by atoms with van der Waals surface area (Å²) in [7, 11) is 4.07. The van der Waals surface area contributed by atoms with Crippen LogP contribution in [0.2, 0.25) is 0 Å². The van der Waals surface area contributed by atoms with E-state index < -0.39 is 0 Å². The van der Waals surface area contributed by atoms with Crippen LogP contribution in [0, 0.1) is 0 Å². The molecule has 0 aromatic heterocycles. The van der Waals surface area contributed by atoms with Crippen molar-refractivity contribution in [2.75, 3.05) is 27.2 Å². The van der Waals surface area contributed by atoms with Crippen LogP contribution in [0.5, 0.6) is 0 Å². The fourth-order valence-corrected chi connectivity index (χ4v) is 0.440. The van der Waals surface area contributed by atoms with Crippen molar-refractivity contribution in [3.63, 3.8) is 0 Å². The van der Waals surface area contributed by atoms with Crippen molar-refractivity contribution in [2.24, 2.45) is 5.73 Å². The first-order valence-electron chi connectivity index (χ1n) is 3.02. The van der Waals surface area contributed by atoms with Crippen LogP contribution in [0.1, 0.15) is 0 Å². The predicted molar refractivity (Wildman–Crippen MR) is 39.9 cm³/mol. The zero-order valence-electron chi connectivity index (χ0n) is 6.09. The maximum absolute atomic E-state index is 5.09. The van der Waals surface area contributed by atoms with Crippen molar-refractivity contribution in [1.29, 1.82) is 0 Å². The Labute approximate surface area is 56.5 Å². The highest BCUT2D eigenvalue weighted by Crippen LogP contribution is 1.69. The molecule has 3 heteroatoms. The molecule has 0 amide bonds. The maximum Gasteiger partial charge on any atom is 0.0269 e. The van der Waals surface area contributed by atoms with Gasteiger partial charge in [0.1, 0.15) is 0 Å². The number of hydrogen-bond donors (Lipinski definition) is 2. The molecular weight excluding hydrogens is 114 g/mol. The van der Waals surface area contributed by atoms with E-state index in [1.54, 1.807) is 6.20 Å². The SMILES string of the molecule is CN(C)CCN/C=C/N. The van der Waals surface area contributed by atoms with Crippen LogP contribution in [-0.2, 0) is 0 Å². The fraction of sp³-hybridized carbons (Fsp3) is 0.667. The summed E-state index contributed by atoms with van der Waals surface area (Å²) >= 11 is 0. The molecule has 0 fully saturated rings. The minimum Gasteiger partial charge on any atom is -0.403 e. The van der Waals surface area contributed by atoms with Gasteiger partial charge in [0.2, 0.25) is 0 Å². The van der Waals surface area contributed by atoms with E-state index in [1.165, 1.54) is 6.20 Å². The van der Waals surface area contributed by atoms with Crippen LogP contribution < -0.4 is 11.1 Å². The van der Waals surface area contributed by atoms with Crippen LogP contribution in [-0.4, -0.2) is 32.1 Å². The second-order valence-corrected chi connectivity index (χ2v) is 2.12. The molecule has 54 valence electrons. The van der Waals surface area contributed by atoms with Gasteiger partial charge in [0.05, 0.1) is 0 Å². The number of nitrogens with one attached hydrogen (secondary N) is 1. The lowest BCUT2D eigenvalue weighted by Gasteiger charge is -2.07. The van der Waals surface area contributed by atoms with Crippen molar-refractivity contribution < 1.29 is 0 Å². The molecule has 0 aliphatic carbocycles. The largest absolute Gasteiger partial charge is 0.403 e. The van der Waals surface area contributed by atoms with Crippen LogP contribution >= 0.6 is 0 Å². The second kappa shape index (κ2) is 5.44. The van der Waals surface area contributed by atoms with Crippen LogP contribution in [0.4, 0.5) is 0 Å². The van der Waals surface area contributed by atoms with E-state index >= 15 is 0 Å². The van der Waals surface area contributed by atoms with E-state index in [0.717, 1.165) is 13.1 Å². The number of nitrogens with zero attached hydrogens (tertiary/aromatic N) is 1. The molecule has 0 heterocycles. The third-order valence-electron chi connectivity index (χ3n) is 0.917. The average molecular weight is 129 g/mol. The third kappa shape index (κ3) is 7.30. The maximum atomic E-state index is 5.09. The van der Waals surface area contributed by atoms with E-state index in [1.807, 2.05) is 14.1 Å². The van der Waals surface area contributed by atoms with E-state index in [4.69, 9.17) is 5.73 Å². The molecule has 3 nitrogen and oxygen atoms in total. The van der Waals surface area contributed by atoms with Crippen LogP contribution in [0.25, 0.3) is 0 Å². The van der Waals surface area contributed by atoms with Gasteiger partial charge >= 0.3 is 0 Å². The molecule has 9 heavy (non-hydrogen) atoms. The summed E-state index contributed by atoms with van der Waals surface area (Å²) < 4.78 is 0. The Morgan fingerprint density at radius 2 is 2.22 bits per heavy atom. The lowest BCUT2D eigenvalue weighted by Crippen LogP contribution is -2.23. The molecule has 0 aliphatic heterocycles. The Kier molecular flexibility index (Phi) is 5.01. The Morgan fingerprint density at radius 3 is 2.67 bits per heavy atom. The zero-order valence-corrected chi connectivity index (χ0v) is 6.09. The Balaban J connectivity index is 2.91. The van der Waals surface area contributed by atoms with Gasteiger partial charge in [-0.2, -0.15) is 0 Å². The summed E-state index contributed by atoms with van der Waals surface area (Å²) in [4.78, 5) is 2.11. The molecule has 0 radical (unpaired) electrons. The quantitative estimate of drug-likeness (QED) is 0.506. The van der Waals surface area contributed by atoms with Gasteiger partial charge in [-0.1, -0.05) is 0 Å². The molecule has 0 unspecified atom stereocenters. The van der Waals surface area contributed by atoms with E-state index in [0.29, 0.717) is 0 Å². The smallest absolute Gasteiger partial charge is 0.0269 e. The van der Waals surface area contributed by atoms with Gasteiger partial charge < -0.3 is 16.0 Å². The monoisotopic (exact) mass is 129 g/mol. The third-order valence-corrected chi connectivity index (χ3v) is 0.917. The molecule has 0 saturated carbocycles. The lowest BCUT2D eigenvalue weighted by molar-refractivity contribution is 0.410. The molecule has 3 N–H and O–H groups in total. The minimum absolute atomic E-state index is 0.945. The normalized spacial score (nSPS) is 11.0. The molecule has 0 saturated heterocycles. The van der Waals surface area contributed by atoms with Crippen molar-refractivity contribution in [2.45, 2.75) is 0 Å². The summed E-state index contributed by atoms with van der Waals surface area (Å²) in [6, 6.07) is 0. The van der Waals surface area contributed by atoms with Crippen molar-refractivity contribution in [3.05, 3.63) is 12.4 Å². The second-order valence-electron chi connectivity index (χ2n) is 2.12. The van der Waals surface area contributed by atoms with Crippen LogP contribution in [0.15, 0.2) is 12.4 Å². The summed E-state index contributed by atoms with van der Waals surface area (Å²) in [6.07, 6.45) is 3.24. The van der Waals surface area contributed by atoms with E-state index in [2.05, 4.69) is 10.2 Å². The van der Waals surface area contributed by atoms with E-state index in [9.17, 15) is 0 Å². The van der Waals surface area contributed by atoms with Gasteiger partial charge in [-0.15, -0.1) is 0 Å². The molecule has 0 atom stereocenters. The van der Waals surface area contributed by atoms with Gasteiger partial charge in [0.15, 0.2) is 0 Å². The highest BCUT2D eigenvalue weighted by atomic mass is 15.1. The summed E-state index contributed by atoms with van der Waals surface area (Å²) in [6.45, 7) is 1.98. The number of hydrogen-bond acceptors (Lipinski definition) is 3. The predicted octanol–water partition coefficient (Wildman–Crippen LogP) is -0.432. The van der Waals surface area contributed by atoms with Gasteiger partial charge in [0, 0.05) is 25.5 Å². The Morgan fingerprint density at radius 1 is 1.56 bits per heavy atom. The zero-order chi connectivity index (χ0) is 7.11. The molecule has 0 aromatic rings. The standard InChI is InChI=1S/C6H15N3/c1-9(2)6-5-8-4-3-7/h3-4,8H,5-7H2,1-2H3/b4-3+. The Bertz CT molecular complexity index is 78.4.